The van der Waals surface area contributed by atoms with Gasteiger partial charge >= 0.3 is 5.63 Å². The Morgan fingerprint density at radius 3 is 2.56 bits per heavy atom. The summed E-state index contributed by atoms with van der Waals surface area (Å²) >= 11 is 0. The van der Waals surface area contributed by atoms with Crippen LogP contribution in [0.25, 0.3) is 11.0 Å². The van der Waals surface area contributed by atoms with Crippen molar-refractivity contribution >= 4 is 11.0 Å². The van der Waals surface area contributed by atoms with Gasteiger partial charge in [-0.2, -0.15) is 0 Å². The first-order valence-electron chi connectivity index (χ1n) is 9.10. The summed E-state index contributed by atoms with van der Waals surface area (Å²) < 4.78 is 24.6. The lowest BCUT2D eigenvalue weighted by Gasteiger charge is -2.30. The second kappa shape index (κ2) is 6.82. The lowest BCUT2D eigenvalue weighted by atomic mass is 9.99. The van der Waals surface area contributed by atoms with E-state index >= 15 is 0 Å². The Balaban J connectivity index is 1.61. The third-order valence-electron chi connectivity index (χ3n) is 5.42. The first kappa shape index (κ1) is 17.7. The molecule has 0 radical (unpaired) electrons. The van der Waals surface area contributed by atoms with Gasteiger partial charge in [-0.3, -0.25) is 4.90 Å². The van der Waals surface area contributed by atoms with E-state index in [0.717, 1.165) is 52.9 Å². The van der Waals surface area contributed by atoms with Crippen LogP contribution >= 0.6 is 0 Å². The third kappa shape index (κ3) is 3.23. The van der Waals surface area contributed by atoms with Crippen LogP contribution in [0.5, 0.6) is 5.75 Å². The van der Waals surface area contributed by atoms with Crippen LogP contribution in [0.3, 0.4) is 0 Å². The van der Waals surface area contributed by atoms with Crippen molar-refractivity contribution in [3.8, 4) is 5.75 Å². The SMILES string of the molecule is Cc1c(C)c2cc3c(c(C)c2oc1=O)OCN(CCc1ccc(F)cc1)C3. The molecule has 0 atom stereocenters. The highest BCUT2D eigenvalue weighted by Crippen LogP contribution is 2.36. The molecule has 0 saturated heterocycles. The largest absolute Gasteiger partial charge is 0.477 e. The summed E-state index contributed by atoms with van der Waals surface area (Å²) in [5, 5.41) is 0.965. The van der Waals surface area contributed by atoms with Crippen molar-refractivity contribution in [3.05, 3.63) is 74.4 Å². The van der Waals surface area contributed by atoms with E-state index in [1.807, 2.05) is 26.0 Å². The van der Waals surface area contributed by atoms with Crippen LogP contribution in [0.4, 0.5) is 4.39 Å². The standard InChI is InChI=1S/C22H22FNO3/c1-13-14(2)22(25)27-21-15(3)20-17(10-19(13)21)11-24(12-26-20)9-8-16-4-6-18(23)7-5-16/h4-7,10H,8-9,11-12H2,1-3H3. The molecule has 4 rings (SSSR count). The number of halogens is 1. The quantitative estimate of drug-likeness (QED) is 0.649. The van der Waals surface area contributed by atoms with Gasteiger partial charge in [-0.15, -0.1) is 0 Å². The van der Waals surface area contributed by atoms with Gasteiger partial charge in [-0.25, -0.2) is 9.18 Å². The van der Waals surface area contributed by atoms with Crippen LogP contribution in [0, 0.1) is 26.6 Å². The van der Waals surface area contributed by atoms with E-state index in [1.54, 1.807) is 6.92 Å². The predicted octanol–water partition coefficient (Wildman–Crippen LogP) is 4.25. The molecule has 0 N–H and O–H groups in total. The highest BCUT2D eigenvalue weighted by atomic mass is 19.1. The van der Waals surface area contributed by atoms with Crippen LogP contribution in [0.2, 0.25) is 0 Å². The topological polar surface area (TPSA) is 42.7 Å². The molecule has 0 aliphatic carbocycles. The Bertz CT molecular complexity index is 1070. The zero-order chi connectivity index (χ0) is 19.1. The molecule has 0 bridgehead atoms. The molecule has 1 aromatic heterocycles. The van der Waals surface area contributed by atoms with Gasteiger partial charge in [0.05, 0.1) is 0 Å². The van der Waals surface area contributed by atoms with E-state index in [0.29, 0.717) is 17.9 Å². The molecule has 0 saturated carbocycles. The van der Waals surface area contributed by atoms with Gasteiger partial charge in [0.2, 0.25) is 0 Å². The highest BCUT2D eigenvalue weighted by Gasteiger charge is 2.23. The smallest absolute Gasteiger partial charge is 0.339 e. The van der Waals surface area contributed by atoms with Crippen molar-refractivity contribution in [2.45, 2.75) is 33.7 Å². The number of aryl methyl sites for hydroxylation is 2. The Hall–Kier alpha value is -2.66. The van der Waals surface area contributed by atoms with Gasteiger partial charge in [-0.1, -0.05) is 12.1 Å². The fourth-order valence-corrected chi connectivity index (χ4v) is 3.63. The summed E-state index contributed by atoms with van der Waals surface area (Å²) in [6, 6.07) is 8.70. The molecule has 0 unspecified atom stereocenters. The van der Waals surface area contributed by atoms with E-state index in [2.05, 4.69) is 11.0 Å². The summed E-state index contributed by atoms with van der Waals surface area (Å²) in [6.45, 7) is 7.76. The molecule has 2 aromatic carbocycles. The molecule has 3 aromatic rings. The predicted molar refractivity (Wildman–Crippen MR) is 103 cm³/mol. The monoisotopic (exact) mass is 367 g/mol. The van der Waals surface area contributed by atoms with Gasteiger partial charge in [0.15, 0.2) is 0 Å². The van der Waals surface area contributed by atoms with E-state index in [4.69, 9.17) is 9.15 Å². The summed E-state index contributed by atoms with van der Waals surface area (Å²) in [4.78, 5) is 14.2. The molecule has 140 valence electrons. The Kier molecular flexibility index (Phi) is 4.48. The van der Waals surface area contributed by atoms with E-state index in [9.17, 15) is 9.18 Å². The lowest BCUT2D eigenvalue weighted by Crippen LogP contribution is -2.34. The minimum atomic E-state index is -0.292. The van der Waals surface area contributed by atoms with Crippen molar-refractivity contribution in [1.29, 1.82) is 0 Å². The maximum atomic E-state index is 13.0. The Morgan fingerprint density at radius 1 is 1.07 bits per heavy atom. The Morgan fingerprint density at radius 2 is 1.81 bits per heavy atom. The van der Waals surface area contributed by atoms with E-state index in [-0.39, 0.29) is 11.4 Å². The van der Waals surface area contributed by atoms with Crippen molar-refractivity contribution < 1.29 is 13.5 Å². The Labute approximate surface area is 157 Å². The van der Waals surface area contributed by atoms with Gasteiger partial charge in [0, 0.05) is 35.2 Å². The zero-order valence-electron chi connectivity index (χ0n) is 15.8. The van der Waals surface area contributed by atoms with Crippen LogP contribution in [0.15, 0.2) is 39.5 Å². The molecule has 0 amide bonds. The zero-order valence-corrected chi connectivity index (χ0v) is 15.8. The van der Waals surface area contributed by atoms with Crippen LogP contribution in [-0.2, 0) is 13.0 Å². The lowest BCUT2D eigenvalue weighted by molar-refractivity contribution is 0.0959. The van der Waals surface area contributed by atoms with Crippen LogP contribution in [0.1, 0.15) is 27.8 Å². The fourth-order valence-electron chi connectivity index (χ4n) is 3.63. The third-order valence-corrected chi connectivity index (χ3v) is 5.42. The number of rotatable bonds is 3. The van der Waals surface area contributed by atoms with Gasteiger partial charge < -0.3 is 9.15 Å². The first-order chi connectivity index (χ1) is 12.9. The summed E-state index contributed by atoms with van der Waals surface area (Å²) in [6.07, 6.45) is 0.832. The number of benzene rings is 2. The van der Waals surface area contributed by atoms with Crippen molar-refractivity contribution in [3.63, 3.8) is 0 Å². The molecule has 0 spiro atoms. The molecule has 1 aliphatic rings. The first-order valence-corrected chi connectivity index (χ1v) is 9.10. The van der Waals surface area contributed by atoms with Crippen LogP contribution < -0.4 is 10.4 Å². The van der Waals surface area contributed by atoms with Crippen molar-refractivity contribution in [2.75, 3.05) is 13.3 Å². The second-order valence-electron chi connectivity index (χ2n) is 7.21. The number of fused-ring (bicyclic) bond motifs is 2. The maximum Gasteiger partial charge on any atom is 0.339 e. The summed E-state index contributed by atoms with van der Waals surface area (Å²) in [5.74, 6) is 0.598. The van der Waals surface area contributed by atoms with Gasteiger partial charge in [0.25, 0.3) is 0 Å². The number of hydrogen-bond acceptors (Lipinski definition) is 4. The number of nitrogens with zero attached hydrogens (tertiary/aromatic N) is 1. The summed E-state index contributed by atoms with van der Waals surface area (Å²) in [7, 11) is 0. The van der Waals surface area contributed by atoms with E-state index < -0.39 is 0 Å². The second-order valence-corrected chi connectivity index (χ2v) is 7.21. The van der Waals surface area contributed by atoms with Gasteiger partial charge in [0.1, 0.15) is 23.9 Å². The average Bonchev–Trinajstić information content (AvgIpc) is 2.67. The minimum Gasteiger partial charge on any atom is -0.477 e. The molecule has 5 heteroatoms. The van der Waals surface area contributed by atoms with Gasteiger partial charge in [-0.05, 0) is 56.5 Å². The van der Waals surface area contributed by atoms with Crippen molar-refractivity contribution in [2.24, 2.45) is 0 Å². The fraction of sp³-hybridized carbons (Fsp3) is 0.318. The average molecular weight is 367 g/mol. The van der Waals surface area contributed by atoms with Crippen LogP contribution in [-0.4, -0.2) is 18.2 Å². The maximum absolute atomic E-state index is 13.0. The molecular weight excluding hydrogens is 345 g/mol. The molecule has 0 fully saturated rings. The normalized spacial score (nSPS) is 14.2. The number of ether oxygens (including phenoxy) is 1. The molecule has 1 aliphatic heterocycles. The summed E-state index contributed by atoms with van der Waals surface area (Å²) in [5.41, 5.74) is 5.00. The molecule has 2 heterocycles. The number of hydrogen-bond donors (Lipinski definition) is 0. The van der Waals surface area contributed by atoms with Crippen molar-refractivity contribution in [1.82, 2.24) is 4.90 Å². The molecule has 4 nitrogen and oxygen atoms in total. The molecular formula is C22H22FNO3. The molecule has 27 heavy (non-hydrogen) atoms. The minimum absolute atomic E-state index is 0.214. The van der Waals surface area contributed by atoms with E-state index in [1.165, 1.54) is 12.1 Å². The highest BCUT2D eigenvalue weighted by molar-refractivity contribution is 5.87.